The summed E-state index contributed by atoms with van der Waals surface area (Å²) in [4.78, 5) is 8.42. The van der Waals surface area contributed by atoms with Gasteiger partial charge in [0, 0.05) is 18.0 Å². The third kappa shape index (κ3) is 7.22. The first kappa shape index (κ1) is 25.5. The highest BCUT2D eigenvalue weighted by Gasteiger charge is 2.17. The van der Waals surface area contributed by atoms with Crippen LogP contribution in [0.5, 0.6) is 5.75 Å². The van der Waals surface area contributed by atoms with Crippen molar-refractivity contribution in [2.75, 3.05) is 0 Å². The number of nitrogens with zero attached hydrogens (tertiary/aromatic N) is 2. The zero-order chi connectivity index (χ0) is 25.5. The fourth-order valence-corrected chi connectivity index (χ4v) is 4.88. The van der Waals surface area contributed by atoms with E-state index in [0.717, 1.165) is 21.2 Å². The number of thioether (sulfide) groups is 1. The van der Waals surface area contributed by atoms with Crippen LogP contribution in [0, 0.1) is 26.6 Å². The second-order valence-corrected chi connectivity index (χ2v) is 10.1. The Bertz CT molecular complexity index is 1330. The van der Waals surface area contributed by atoms with Crippen LogP contribution in [-0.4, -0.2) is 15.2 Å². The van der Waals surface area contributed by atoms with E-state index in [1.54, 1.807) is 36.0 Å². The van der Waals surface area contributed by atoms with Gasteiger partial charge in [-0.2, -0.15) is 0 Å². The number of amidine groups is 1. The summed E-state index contributed by atoms with van der Waals surface area (Å²) in [5.74, 6) is -0.00731. The van der Waals surface area contributed by atoms with Crippen molar-refractivity contribution in [3.05, 3.63) is 130 Å². The Morgan fingerprint density at radius 2 is 1.44 bits per heavy atom. The highest BCUT2D eigenvalue weighted by Crippen LogP contribution is 2.29. The average molecular weight is 499 g/mol. The summed E-state index contributed by atoms with van der Waals surface area (Å²) in [6.45, 7) is 7.99. The van der Waals surface area contributed by atoms with Gasteiger partial charge in [0.2, 0.25) is 0 Å². The summed E-state index contributed by atoms with van der Waals surface area (Å²) in [5, 5.41) is 10.9. The molecule has 0 unspecified atom stereocenters. The minimum atomic E-state index is -0.252. The monoisotopic (exact) mass is 498 g/mol. The number of benzene rings is 4. The van der Waals surface area contributed by atoms with Gasteiger partial charge in [-0.3, -0.25) is 4.99 Å². The molecule has 0 spiro atoms. The number of hydrogen-bond acceptors (Lipinski definition) is 3. The first-order chi connectivity index (χ1) is 17.4. The fraction of sp³-hybridized carbons (Fsp3) is 0.194. The predicted molar refractivity (Wildman–Crippen MR) is 148 cm³/mol. The first-order valence-electron chi connectivity index (χ1n) is 12.0. The van der Waals surface area contributed by atoms with E-state index >= 15 is 0 Å². The maximum absolute atomic E-state index is 13.5. The van der Waals surface area contributed by atoms with E-state index in [4.69, 9.17) is 4.99 Å². The Labute approximate surface area is 217 Å². The van der Waals surface area contributed by atoms with Crippen LogP contribution in [0.15, 0.2) is 101 Å². The van der Waals surface area contributed by atoms with Crippen LogP contribution in [0.3, 0.4) is 0 Å². The zero-order valence-corrected chi connectivity index (χ0v) is 21.7. The molecule has 0 amide bonds. The number of aryl methyl sites for hydroxylation is 3. The van der Waals surface area contributed by atoms with E-state index in [1.807, 2.05) is 12.1 Å². The maximum atomic E-state index is 13.5. The second-order valence-electron chi connectivity index (χ2n) is 9.11. The molecule has 5 heteroatoms. The molecule has 4 aromatic carbocycles. The summed E-state index contributed by atoms with van der Waals surface area (Å²) in [7, 11) is 0. The van der Waals surface area contributed by atoms with E-state index in [9.17, 15) is 9.50 Å². The van der Waals surface area contributed by atoms with Crippen molar-refractivity contribution in [1.82, 2.24) is 4.90 Å². The van der Waals surface area contributed by atoms with Gasteiger partial charge in [-0.15, -0.1) is 0 Å². The molecule has 0 heterocycles. The van der Waals surface area contributed by atoms with Crippen LogP contribution in [0.1, 0.15) is 33.4 Å². The number of phenols is 1. The molecule has 0 aliphatic rings. The number of halogens is 1. The summed E-state index contributed by atoms with van der Waals surface area (Å²) in [5.41, 5.74) is 6.75. The van der Waals surface area contributed by atoms with Gasteiger partial charge in [-0.05, 0) is 73.4 Å². The number of phenolic OH excluding ortho intramolecular Hbond substituents is 1. The van der Waals surface area contributed by atoms with Crippen molar-refractivity contribution in [3.63, 3.8) is 0 Å². The molecule has 0 saturated carbocycles. The second kappa shape index (κ2) is 11.9. The summed E-state index contributed by atoms with van der Waals surface area (Å²) in [6.07, 6.45) is 0. The van der Waals surface area contributed by atoms with Crippen molar-refractivity contribution >= 4 is 16.9 Å². The lowest BCUT2D eigenvalue weighted by Crippen LogP contribution is -2.28. The van der Waals surface area contributed by atoms with Crippen LogP contribution in [0.4, 0.5) is 4.39 Å². The maximum Gasteiger partial charge on any atom is 0.165 e. The van der Waals surface area contributed by atoms with Gasteiger partial charge in [0.15, 0.2) is 5.17 Å². The Kier molecular flexibility index (Phi) is 8.44. The molecule has 0 radical (unpaired) electrons. The SMILES string of the molecule is Cc1ccc(CN(Cc2cccc(O)c2)C(=NCc2ccc(F)cc2)Sc2ccc(C)cc2C)cc1. The van der Waals surface area contributed by atoms with Gasteiger partial charge >= 0.3 is 0 Å². The molecular weight excluding hydrogens is 467 g/mol. The number of aromatic hydroxyl groups is 1. The van der Waals surface area contributed by atoms with Gasteiger partial charge in [-0.25, -0.2) is 4.39 Å². The smallest absolute Gasteiger partial charge is 0.165 e. The van der Waals surface area contributed by atoms with Crippen molar-refractivity contribution in [3.8, 4) is 5.75 Å². The van der Waals surface area contributed by atoms with Crippen LogP contribution in [-0.2, 0) is 19.6 Å². The Balaban J connectivity index is 1.72. The first-order valence-corrected chi connectivity index (χ1v) is 12.8. The van der Waals surface area contributed by atoms with Crippen LogP contribution in [0.2, 0.25) is 0 Å². The lowest BCUT2D eigenvalue weighted by Gasteiger charge is -2.27. The van der Waals surface area contributed by atoms with Gasteiger partial charge < -0.3 is 10.0 Å². The number of aliphatic imine (C=N–C) groups is 1. The highest BCUT2D eigenvalue weighted by atomic mass is 32.2. The molecule has 0 aromatic heterocycles. The van der Waals surface area contributed by atoms with Gasteiger partial charge in [0.05, 0.1) is 6.54 Å². The van der Waals surface area contributed by atoms with E-state index in [0.29, 0.717) is 19.6 Å². The van der Waals surface area contributed by atoms with Crippen LogP contribution >= 0.6 is 11.8 Å². The predicted octanol–water partition coefficient (Wildman–Crippen LogP) is 7.81. The minimum absolute atomic E-state index is 0.245. The quantitative estimate of drug-likeness (QED) is 0.160. The molecule has 4 aromatic rings. The van der Waals surface area contributed by atoms with Crippen LogP contribution < -0.4 is 0 Å². The normalized spacial score (nSPS) is 11.5. The third-order valence-electron chi connectivity index (χ3n) is 5.89. The number of rotatable bonds is 7. The lowest BCUT2D eigenvalue weighted by molar-refractivity contribution is 0.410. The van der Waals surface area contributed by atoms with Crippen molar-refractivity contribution in [2.45, 2.75) is 45.3 Å². The lowest BCUT2D eigenvalue weighted by atomic mass is 10.1. The Morgan fingerprint density at radius 3 is 2.14 bits per heavy atom. The van der Waals surface area contributed by atoms with Crippen molar-refractivity contribution in [2.24, 2.45) is 4.99 Å². The standard InChI is InChI=1S/C31H31FN2OS/c1-22-7-10-26(11-8-22)20-34(21-27-5-4-6-29(35)18-27)31(33-19-25-12-14-28(32)15-13-25)36-30-16-9-23(2)17-24(30)3/h4-18,35H,19-21H2,1-3H3. The third-order valence-corrected chi connectivity index (χ3v) is 7.14. The molecule has 36 heavy (non-hydrogen) atoms. The topological polar surface area (TPSA) is 35.8 Å². The molecule has 0 aliphatic heterocycles. The molecule has 184 valence electrons. The fourth-order valence-electron chi connectivity index (χ4n) is 3.94. The molecule has 0 bridgehead atoms. The van der Waals surface area contributed by atoms with E-state index < -0.39 is 0 Å². The zero-order valence-electron chi connectivity index (χ0n) is 20.9. The van der Waals surface area contributed by atoms with Crippen molar-refractivity contribution < 1.29 is 9.50 Å². The van der Waals surface area contributed by atoms with E-state index in [2.05, 4.69) is 68.1 Å². The molecule has 1 N–H and O–H groups in total. The average Bonchev–Trinajstić information content (AvgIpc) is 2.85. The minimum Gasteiger partial charge on any atom is -0.508 e. The van der Waals surface area contributed by atoms with Gasteiger partial charge in [0.1, 0.15) is 11.6 Å². The summed E-state index contributed by atoms with van der Waals surface area (Å²) < 4.78 is 13.5. The van der Waals surface area contributed by atoms with Crippen LogP contribution in [0.25, 0.3) is 0 Å². The molecule has 0 saturated heterocycles. The molecule has 3 nitrogen and oxygen atoms in total. The number of hydrogen-bond donors (Lipinski definition) is 1. The van der Waals surface area contributed by atoms with Gasteiger partial charge in [0.25, 0.3) is 0 Å². The molecule has 4 rings (SSSR count). The van der Waals surface area contributed by atoms with E-state index in [1.165, 1.54) is 34.4 Å². The molecule has 0 aliphatic carbocycles. The molecule has 0 atom stereocenters. The van der Waals surface area contributed by atoms with Gasteiger partial charge in [-0.1, -0.05) is 83.6 Å². The Hall–Kier alpha value is -3.57. The van der Waals surface area contributed by atoms with E-state index in [-0.39, 0.29) is 11.6 Å². The summed E-state index contributed by atoms with van der Waals surface area (Å²) >= 11 is 1.64. The molecular formula is C31H31FN2OS. The molecule has 0 fully saturated rings. The summed E-state index contributed by atoms with van der Waals surface area (Å²) in [6, 6.07) is 28.8. The largest absolute Gasteiger partial charge is 0.508 e. The Morgan fingerprint density at radius 1 is 0.778 bits per heavy atom. The highest BCUT2D eigenvalue weighted by molar-refractivity contribution is 8.13. The van der Waals surface area contributed by atoms with Crippen molar-refractivity contribution in [1.29, 1.82) is 0 Å².